The molecule has 5 nitrogen and oxygen atoms in total. The molecule has 0 amide bonds. The molecule has 0 saturated carbocycles. The molecular formula is C16H10Na2O5. The van der Waals surface area contributed by atoms with Crippen molar-refractivity contribution in [3.05, 3.63) is 59.2 Å². The van der Waals surface area contributed by atoms with Gasteiger partial charge < -0.3 is 19.8 Å². The van der Waals surface area contributed by atoms with Gasteiger partial charge in [-0.2, -0.15) is 0 Å². The molecule has 0 atom stereocenters. The second kappa shape index (κ2) is 9.37. The first kappa shape index (κ1) is 22.1. The smallest absolute Gasteiger partial charge is 0.545 e. The number of carbonyl (C=O) groups excluding carboxylic acids is 3. The minimum Gasteiger partial charge on any atom is -0.545 e. The molecule has 0 radical (unpaired) electrons. The fourth-order valence-corrected chi connectivity index (χ4v) is 2.20. The second-order valence-corrected chi connectivity index (χ2v) is 4.33. The Morgan fingerprint density at radius 3 is 1.91 bits per heavy atom. The zero-order valence-corrected chi connectivity index (χ0v) is 17.1. The van der Waals surface area contributed by atoms with E-state index in [0.29, 0.717) is 0 Å². The van der Waals surface area contributed by atoms with Crippen molar-refractivity contribution in [2.75, 3.05) is 0 Å². The first-order valence-corrected chi connectivity index (χ1v) is 6.12. The number of aromatic carboxylic acids is 2. The van der Waals surface area contributed by atoms with Crippen LogP contribution in [0.1, 0.15) is 38.0 Å². The number of benzene rings is 2. The van der Waals surface area contributed by atoms with Crippen LogP contribution in [0.25, 0.3) is 10.8 Å². The predicted octanol–water partition coefficient (Wildman–Crippen LogP) is -5.67. The van der Waals surface area contributed by atoms with Crippen molar-refractivity contribution < 1.29 is 83.7 Å². The van der Waals surface area contributed by atoms with Crippen LogP contribution in [0.2, 0.25) is 0 Å². The maximum atomic E-state index is 12.0. The number of carbonyl (C=O) groups is 3. The Labute approximate surface area is 177 Å². The SMILES string of the molecule is C/C=C\C(=O)c1ccc(C(=O)[O-])c2c(C(=O)[O-])cccc12.[Na+].[Na+]. The molecule has 106 valence electrons. The van der Waals surface area contributed by atoms with Gasteiger partial charge in [0, 0.05) is 22.1 Å². The molecule has 0 aliphatic rings. The summed E-state index contributed by atoms with van der Waals surface area (Å²) in [7, 11) is 0. The van der Waals surface area contributed by atoms with Gasteiger partial charge in [-0.1, -0.05) is 30.3 Å². The van der Waals surface area contributed by atoms with E-state index in [1.165, 1.54) is 36.4 Å². The zero-order valence-electron chi connectivity index (χ0n) is 13.1. The number of carboxylic acids is 2. The van der Waals surface area contributed by atoms with Crippen molar-refractivity contribution in [2.45, 2.75) is 6.92 Å². The van der Waals surface area contributed by atoms with Gasteiger partial charge in [0.15, 0.2) is 5.78 Å². The van der Waals surface area contributed by atoms with Crippen LogP contribution in [0.4, 0.5) is 0 Å². The van der Waals surface area contributed by atoms with Gasteiger partial charge in [0.1, 0.15) is 0 Å². The van der Waals surface area contributed by atoms with E-state index < -0.39 is 11.9 Å². The van der Waals surface area contributed by atoms with E-state index in [0.717, 1.165) is 0 Å². The van der Waals surface area contributed by atoms with E-state index in [2.05, 4.69) is 0 Å². The van der Waals surface area contributed by atoms with Gasteiger partial charge in [-0.15, -0.1) is 0 Å². The van der Waals surface area contributed by atoms with Crippen molar-refractivity contribution in [3.8, 4) is 0 Å². The number of rotatable bonds is 4. The summed E-state index contributed by atoms with van der Waals surface area (Å²) >= 11 is 0. The summed E-state index contributed by atoms with van der Waals surface area (Å²) < 4.78 is 0. The Balaban J connectivity index is 0.00000242. The molecule has 0 aliphatic carbocycles. The Morgan fingerprint density at radius 1 is 0.870 bits per heavy atom. The number of ketones is 1. The van der Waals surface area contributed by atoms with Crippen LogP contribution in [-0.2, 0) is 0 Å². The molecular weight excluding hydrogens is 318 g/mol. The van der Waals surface area contributed by atoms with E-state index in [-0.39, 0.29) is 92.4 Å². The average molecular weight is 328 g/mol. The molecule has 0 fully saturated rings. The summed E-state index contributed by atoms with van der Waals surface area (Å²) in [6.07, 6.45) is 2.86. The van der Waals surface area contributed by atoms with Gasteiger partial charge in [-0.25, -0.2) is 0 Å². The van der Waals surface area contributed by atoms with Crippen molar-refractivity contribution in [2.24, 2.45) is 0 Å². The number of hydrogen-bond donors (Lipinski definition) is 0. The summed E-state index contributed by atoms with van der Waals surface area (Å²) in [5.41, 5.74) is -0.361. The van der Waals surface area contributed by atoms with E-state index in [1.807, 2.05) is 0 Å². The first-order valence-electron chi connectivity index (χ1n) is 6.12. The Morgan fingerprint density at radius 2 is 1.39 bits per heavy atom. The third-order valence-corrected chi connectivity index (χ3v) is 3.06. The van der Waals surface area contributed by atoms with Crippen LogP contribution < -0.4 is 69.3 Å². The van der Waals surface area contributed by atoms with E-state index in [1.54, 1.807) is 13.0 Å². The van der Waals surface area contributed by atoms with Crippen molar-refractivity contribution in [1.82, 2.24) is 0 Å². The Hall–Kier alpha value is -0.950. The summed E-state index contributed by atoms with van der Waals surface area (Å²) in [4.78, 5) is 34.4. The molecule has 0 aromatic heterocycles. The molecule has 2 rings (SSSR count). The van der Waals surface area contributed by atoms with Gasteiger partial charge in [-0.3, -0.25) is 4.79 Å². The molecule has 7 heteroatoms. The number of fused-ring (bicyclic) bond motifs is 1. The second-order valence-electron chi connectivity index (χ2n) is 4.33. The van der Waals surface area contributed by atoms with Crippen molar-refractivity contribution in [1.29, 1.82) is 0 Å². The quantitative estimate of drug-likeness (QED) is 0.317. The summed E-state index contributed by atoms with van der Waals surface area (Å²) in [6.45, 7) is 1.67. The number of hydrogen-bond acceptors (Lipinski definition) is 5. The molecule has 23 heavy (non-hydrogen) atoms. The van der Waals surface area contributed by atoms with Crippen LogP contribution in [0.5, 0.6) is 0 Å². The van der Waals surface area contributed by atoms with E-state index in [4.69, 9.17) is 0 Å². The zero-order chi connectivity index (χ0) is 15.6. The third kappa shape index (κ3) is 4.53. The van der Waals surface area contributed by atoms with Crippen LogP contribution in [0.15, 0.2) is 42.5 Å². The van der Waals surface area contributed by atoms with Gasteiger partial charge in [0.2, 0.25) is 0 Å². The number of carboxylic acid groups (broad SMARTS) is 2. The fraction of sp³-hybridized carbons (Fsp3) is 0.0625. The van der Waals surface area contributed by atoms with Crippen LogP contribution in [-0.4, -0.2) is 17.7 Å². The van der Waals surface area contributed by atoms with Crippen molar-refractivity contribution in [3.63, 3.8) is 0 Å². The van der Waals surface area contributed by atoms with E-state index >= 15 is 0 Å². The largest absolute Gasteiger partial charge is 1.00 e. The molecule has 0 spiro atoms. The molecule has 2 aromatic carbocycles. The fourth-order valence-electron chi connectivity index (χ4n) is 2.20. The average Bonchev–Trinajstić information content (AvgIpc) is 2.45. The van der Waals surface area contributed by atoms with Gasteiger partial charge in [0.25, 0.3) is 0 Å². The van der Waals surface area contributed by atoms with Gasteiger partial charge in [0.05, 0.1) is 11.9 Å². The topological polar surface area (TPSA) is 97.3 Å². The monoisotopic (exact) mass is 328 g/mol. The molecule has 0 bridgehead atoms. The van der Waals surface area contributed by atoms with Crippen LogP contribution >= 0.6 is 0 Å². The first-order chi connectivity index (χ1) is 9.97. The third-order valence-electron chi connectivity index (χ3n) is 3.06. The minimum absolute atomic E-state index is 0. The van der Waals surface area contributed by atoms with Crippen LogP contribution in [0.3, 0.4) is 0 Å². The summed E-state index contributed by atoms with van der Waals surface area (Å²) in [6, 6.07) is 6.66. The molecule has 0 aliphatic heterocycles. The molecule has 0 N–H and O–H groups in total. The normalized spacial score (nSPS) is 9.96. The Bertz CT molecular complexity index is 776. The minimum atomic E-state index is -1.52. The summed E-state index contributed by atoms with van der Waals surface area (Å²) in [5, 5.41) is 22.5. The van der Waals surface area contributed by atoms with Gasteiger partial charge in [-0.05, 0) is 24.5 Å². The summed E-state index contributed by atoms with van der Waals surface area (Å²) in [5.74, 6) is -3.37. The molecule has 0 unspecified atom stereocenters. The number of allylic oxidation sites excluding steroid dienone is 2. The van der Waals surface area contributed by atoms with Crippen molar-refractivity contribution >= 4 is 28.5 Å². The maximum Gasteiger partial charge on any atom is 1.00 e. The molecule has 0 heterocycles. The molecule has 2 aromatic rings. The van der Waals surface area contributed by atoms with Crippen LogP contribution in [0, 0.1) is 0 Å². The predicted molar refractivity (Wildman–Crippen MR) is 71.8 cm³/mol. The Kier molecular flexibility index (Phi) is 8.98. The van der Waals surface area contributed by atoms with Gasteiger partial charge >= 0.3 is 59.1 Å². The molecule has 0 saturated heterocycles. The standard InChI is InChI=1S/C16H12O5.2Na/c1-2-4-13(17)9-7-8-12(16(20)21)14-10(9)5-3-6-11(14)15(18)19;;/h2-8H,1H3,(H,18,19)(H,20,21);;/q;2*+1/p-2/b4-2-;;. The maximum absolute atomic E-state index is 12.0. The van der Waals surface area contributed by atoms with E-state index in [9.17, 15) is 24.6 Å².